The summed E-state index contributed by atoms with van der Waals surface area (Å²) in [5.41, 5.74) is 5.15. The van der Waals surface area contributed by atoms with Crippen molar-refractivity contribution in [3.63, 3.8) is 0 Å². The first-order valence-electron chi connectivity index (χ1n) is 6.91. The third-order valence-electron chi connectivity index (χ3n) is 3.53. The van der Waals surface area contributed by atoms with E-state index in [0.717, 1.165) is 13.0 Å². The summed E-state index contributed by atoms with van der Waals surface area (Å²) in [4.78, 5) is 4.52. The molecule has 2 rings (SSSR count). The molecule has 1 unspecified atom stereocenters. The van der Waals surface area contributed by atoms with E-state index in [4.69, 9.17) is 0 Å². The molecule has 2 heteroatoms. The highest BCUT2D eigenvalue weighted by Gasteiger charge is 2.14. The van der Waals surface area contributed by atoms with Gasteiger partial charge < -0.3 is 5.32 Å². The van der Waals surface area contributed by atoms with E-state index in [1.165, 1.54) is 22.4 Å². The molecule has 1 aromatic carbocycles. The summed E-state index contributed by atoms with van der Waals surface area (Å²) in [5, 5.41) is 3.58. The Morgan fingerprint density at radius 1 is 1.05 bits per heavy atom. The molecule has 0 saturated heterocycles. The molecule has 19 heavy (non-hydrogen) atoms. The van der Waals surface area contributed by atoms with E-state index < -0.39 is 0 Å². The van der Waals surface area contributed by atoms with Crippen LogP contribution in [0.4, 0.5) is 0 Å². The van der Waals surface area contributed by atoms with Gasteiger partial charge in [-0.05, 0) is 43.1 Å². The maximum atomic E-state index is 4.52. The Morgan fingerprint density at radius 2 is 1.79 bits per heavy atom. The van der Waals surface area contributed by atoms with Gasteiger partial charge in [-0.25, -0.2) is 0 Å². The van der Waals surface area contributed by atoms with Crippen LogP contribution in [0.3, 0.4) is 0 Å². The van der Waals surface area contributed by atoms with Gasteiger partial charge in [0.05, 0.1) is 0 Å². The minimum atomic E-state index is 0.333. The lowest BCUT2D eigenvalue weighted by atomic mass is 9.96. The van der Waals surface area contributed by atoms with E-state index in [0.29, 0.717) is 6.04 Å². The predicted octanol–water partition coefficient (Wildman–Crippen LogP) is 3.59. The van der Waals surface area contributed by atoms with Gasteiger partial charge in [0, 0.05) is 24.4 Å². The van der Waals surface area contributed by atoms with Gasteiger partial charge in [-0.3, -0.25) is 4.98 Å². The zero-order valence-corrected chi connectivity index (χ0v) is 12.0. The smallest absolute Gasteiger partial charge is 0.0451 e. The number of hydrogen-bond acceptors (Lipinski definition) is 2. The van der Waals surface area contributed by atoms with E-state index in [2.05, 4.69) is 61.4 Å². The van der Waals surface area contributed by atoms with Crippen molar-refractivity contribution in [1.82, 2.24) is 10.3 Å². The Hall–Kier alpha value is -1.67. The van der Waals surface area contributed by atoms with Gasteiger partial charge in [0.15, 0.2) is 0 Å². The van der Waals surface area contributed by atoms with Crippen molar-refractivity contribution in [2.45, 2.75) is 33.2 Å². The number of aryl methyl sites for hydroxylation is 2. The average Bonchev–Trinajstić information content (AvgIpc) is 2.41. The number of aromatic nitrogens is 1. The van der Waals surface area contributed by atoms with Crippen LogP contribution in [-0.2, 0) is 6.42 Å². The van der Waals surface area contributed by atoms with Crippen molar-refractivity contribution >= 4 is 0 Å². The van der Waals surface area contributed by atoms with Crippen LogP contribution >= 0.6 is 0 Å². The Bertz CT molecular complexity index is 534. The van der Waals surface area contributed by atoms with E-state index in [9.17, 15) is 0 Å². The van der Waals surface area contributed by atoms with Crippen molar-refractivity contribution < 1.29 is 0 Å². The molecule has 1 heterocycles. The van der Waals surface area contributed by atoms with Gasteiger partial charge in [-0.15, -0.1) is 0 Å². The molecule has 2 aromatic rings. The van der Waals surface area contributed by atoms with Crippen molar-refractivity contribution in [1.29, 1.82) is 0 Å². The summed E-state index contributed by atoms with van der Waals surface area (Å²) < 4.78 is 0. The fraction of sp³-hybridized carbons (Fsp3) is 0.353. The Morgan fingerprint density at radius 3 is 2.47 bits per heavy atom. The second-order valence-corrected chi connectivity index (χ2v) is 4.94. The average molecular weight is 254 g/mol. The summed E-state index contributed by atoms with van der Waals surface area (Å²) >= 11 is 0. The monoisotopic (exact) mass is 254 g/mol. The van der Waals surface area contributed by atoms with Crippen LogP contribution in [0, 0.1) is 13.8 Å². The molecule has 1 atom stereocenters. The summed E-state index contributed by atoms with van der Waals surface area (Å²) in [5.74, 6) is 0. The molecule has 0 aliphatic heterocycles. The van der Waals surface area contributed by atoms with E-state index in [1.54, 1.807) is 0 Å². The number of likely N-dealkylation sites (N-methyl/N-ethyl adjacent to an activating group) is 1. The zero-order valence-electron chi connectivity index (χ0n) is 12.0. The second-order valence-electron chi connectivity index (χ2n) is 4.94. The lowest BCUT2D eigenvalue weighted by Crippen LogP contribution is -2.24. The van der Waals surface area contributed by atoms with Crippen LogP contribution < -0.4 is 5.32 Å². The van der Waals surface area contributed by atoms with Crippen molar-refractivity contribution in [2.24, 2.45) is 0 Å². The Labute approximate surface area is 115 Å². The molecule has 1 aromatic heterocycles. The van der Waals surface area contributed by atoms with Gasteiger partial charge in [0.2, 0.25) is 0 Å². The molecule has 0 spiro atoms. The minimum absolute atomic E-state index is 0.333. The molecule has 0 radical (unpaired) electrons. The number of nitrogens with one attached hydrogen (secondary N) is 1. The van der Waals surface area contributed by atoms with Gasteiger partial charge >= 0.3 is 0 Å². The predicted molar refractivity (Wildman–Crippen MR) is 80.3 cm³/mol. The van der Waals surface area contributed by atoms with Crippen LogP contribution in [0.2, 0.25) is 0 Å². The SMILES string of the molecule is CCNC(Cc1ncccc1C)c1ccccc1C. The zero-order chi connectivity index (χ0) is 13.7. The van der Waals surface area contributed by atoms with Crippen LogP contribution in [0.5, 0.6) is 0 Å². The first kappa shape index (κ1) is 13.8. The molecular formula is C17H22N2. The Kier molecular flexibility index (Phi) is 4.69. The summed E-state index contributed by atoms with van der Waals surface area (Å²) in [6.45, 7) is 7.41. The van der Waals surface area contributed by atoms with E-state index in [1.807, 2.05) is 12.3 Å². The van der Waals surface area contributed by atoms with Crippen molar-refractivity contribution in [3.8, 4) is 0 Å². The van der Waals surface area contributed by atoms with Crippen LogP contribution in [0.15, 0.2) is 42.6 Å². The molecule has 0 amide bonds. The molecular weight excluding hydrogens is 232 g/mol. The normalized spacial score (nSPS) is 12.4. The fourth-order valence-electron chi connectivity index (χ4n) is 2.44. The number of nitrogens with zero attached hydrogens (tertiary/aromatic N) is 1. The topological polar surface area (TPSA) is 24.9 Å². The molecule has 2 nitrogen and oxygen atoms in total. The minimum Gasteiger partial charge on any atom is -0.310 e. The molecule has 0 aliphatic carbocycles. The van der Waals surface area contributed by atoms with Gasteiger partial charge in [0.25, 0.3) is 0 Å². The molecule has 100 valence electrons. The van der Waals surface area contributed by atoms with E-state index in [-0.39, 0.29) is 0 Å². The van der Waals surface area contributed by atoms with Crippen LogP contribution in [-0.4, -0.2) is 11.5 Å². The fourth-order valence-corrected chi connectivity index (χ4v) is 2.44. The number of rotatable bonds is 5. The van der Waals surface area contributed by atoms with Gasteiger partial charge in [-0.1, -0.05) is 37.3 Å². The lowest BCUT2D eigenvalue weighted by molar-refractivity contribution is 0.540. The highest BCUT2D eigenvalue weighted by molar-refractivity contribution is 5.31. The van der Waals surface area contributed by atoms with Crippen LogP contribution in [0.1, 0.15) is 35.3 Å². The standard InChI is InChI=1S/C17H22N2/c1-4-18-17(15-10-6-5-8-13(15)2)12-16-14(3)9-7-11-19-16/h5-11,17-18H,4,12H2,1-3H3. The quantitative estimate of drug-likeness (QED) is 0.882. The summed E-state index contributed by atoms with van der Waals surface area (Å²) in [6.07, 6.45) is 2.81. The van der Waals surface area contributed by atoms with E-state index >= 15 is 0 Å². The molecule has 0 saturated carbocycles. The largest absolute Gasteiger partial charge is 0.310 e. The molecule has 1 N–H and O–H groups in total. The third-order valence-corrected chi connectivity index (χ3v) is 3.53. The number of hydrogen-bond donors (Lipinski definition) is 1. The molecule has 0 bridgehead atoms. The maximum absolute atomic E-state index is 4.52. The highest BCUT2D eigenvalue weighted by atomic mass is 14.9. The summed E-state index contributed by atoms with van der Waals surface area (Å²) in [7, 11) is 0. The highest BCUT2D eigenvalue weighted by Crippen LogP contribution is 2.22. The Balaban J connectivity index is 2.27. The number of benzene rings is 1. The first-order valence-corrected chi connectivity index (χ1v) is 6.91. The number of pyridine rings is 1. The summed E-state index contributed by atoms with van der Waals surface area (Å²) in [6, 6.07) is 13.0. The van der Waals surface area contributed by atoms with Crippen LogP contribution in [0.25, 0.3) is 0 Å². The first-order chi connectivity index (χ1) is 9.22. The molecule has 0 aliphatic rings. The molecule has 0 fully saturated rings. The maximum Gasteiger partial charge on any atom is 0.0451 e. The van der Waals surface area contributed by atoms with Gasteiger partial charge in [0.1, 0.15) is 0 Å². The third kappa shape index (κ3) is 3.42. The van der Waals surface area contributed by atoms with Crippen molar-refractivity contribution in [3.05, 3.63) is 65.0 Å². The van der Waals surface area contributed by atoms with Gasteiger partial charge in [-0.2, -0.15) is 0 Å². The van der Waals surface area contributed by atoms with Crippen molar-refractivity contribution in [2.75, 3.05) is 6.54 Å². The lowest BCUT2D eigenvalue weighted by Gasteiger charge is -2.20. The second kappa shape index (κ2) is 6.48.